The molecular weight excluding hydrogens is 221 g/mol. The summed E-state index contributed by atoms with van der Waals surface area (Å²) in [5, 5.41) is 3.42. The van der Waals surface area contributed by atoms with Gasteiger partial charge in [0.05, 0.1) is 14.2 Å². The number of piperidine rings is 1. The van der Waals surface area contributed by atoms with Gasteiger partial charge in [-0.05, 0) is 25.5 Å². The summed E-state index contributed by atoms with van der Waals surface area (Å²) in [4.78, 5) is 0. The predicted molar refractivity (Wildman–Crippen MR) is 64.1 cm³/mol. The van der Waals surface area contributed by atoms with E-state index in [2.05, 4.69) is 5.32 Å². The Morgan fingerprint density at radius 3 is 2.53 bits per heavy atom. The van der Waals surface area contributed by atoms with Crippen molar-refractivity contribution in [1.82, 2.24) is 5.32 Å². The van der Waals surface area contributed by atoms with Gasteiger partial charge < -0.3 is 14.8 Å². The van der Waals surface area contributed by atoms with Gasteiger partial charge in [-0.15, -0.1) is 0 Å². The minimum Gasteiger partial charge on any atom is -0.496 e. The van der Waals surface area contributed by atoms with Crippen molar-refractivity contribution in [1.29, 1.82) is 0 Å². The quantitative estimate of drug-likeness (QED) is 0.879. The van der Waals surface area contributed by atoms with Crippen LogP contribution in [0.25, 0.3) is 0 Å². The van der Waals surface area contributed by atoms with Gasteiger partial charge in [0.15, 0.2) is 11.6 Å². The van der Waals surface area contributed by atoms with E-state index in [9.17, 15) is 4.39 Å². The number of halogens is 1. The first-order valence-corrected chi connectivity index (χ1v) is 5.91. The molecule has 1 atom stereocenters. The van der Waals surface area contributed by atoms with E-state index >= 15 is 0 Å². The summed E-state index contributed by atoms with van der Waals surface area (Å²) in [7, 11) is 3.04. The zero-order valence-corrected chi connectivity index (χ0v) is 10.3. The highest BCUT2D eigenvalue weighted by Crippen LogP contribution is 2.35. The smallest absolute Gasteiger partial charge is 0.168 e. The van der Waals surface area contributed by atoms with Crippen molar-refractivity contribution in [2.75, 3.05) is 20.8 Å². The first-order valence-electron chi connectivity index (χ1n) is 5.91. The summed E-state index contributed by atoms with van der Waals surface area (Å²) in [5.41, 5.74) is 0.977. The normalized spacial score (nSPS) is 20.1. The molecule has 1 N–H and O–H groups in total. The van der Waals surface area contributed by atoms with Crippen molar-refractivity contribution < 1.29 is 13.9 Å². The van der Waals surface area contributed by atoms with E-state index in [1.165, 1.54) is 26.0 Å². The van der Waals surface area contributed by atoms with Crippen molar-refractivity contribution in [3.8, 4) is 11.5 Å². The molecule has 0 aliphatic carbocycles. The van der Waals surface area contributed by atoms with Crippen molar-refractivity contribution in [3.05, 3.63) is 23.5 Å². The fourth-order valence-corrected chi connectivity index (χ4v) is 2.27. The Balaban J connectivity index is 2.35. The number of ether oxygens (including phenoxy) is 2. The van der Waals surface area contributed by atoms with E-state index in [1.807, 2.05) is 0 Å². The Bertz CT molecular complexity index is 389. The number of hydrogen-bond donors (Lipinski definition) is 1. The molecule has 0 saturated carbocycles. The summed E-state index contributed by atoms with van der Waals surface area (Å²) >= 11 is 0. The number of rotatable bonds is 3. The number of hydrogen-bond acceptors (Lipinski definition) is 3. The third-order valence-corrected chi connectivity index (χ3v) is 3.19. The minimum atomic E-state index is -0.385. The van der Waals surface area contributed by atoms with E-state index < -0.39 is 0 Å². The predicted octanol–water partition coefficient (Wildman–Crippen LogP) is 2.66. The second-order valence-corrected chi connectivity index (χ2v) is 4.23. The Kier molecular flexibility index (Phi) is 3.84. The van der Waals surface area contributed by atoms with Crippen LogP contribution in [0.1, 0.15) is 30.9 Å². The van der Waals surface area contributed by atoms with Gasteiger partial charge in [0.1, 0.15) is 5.75 Å². The summed E-state index contributed by atoms with van der Waals surface area (Å²) in [6, 6.07) is 3.36. The van der Waals surface area contributed by atoms with Crippen molar-refractivity contribution >= 4 is 0 Å². The van der Waals surface area contributed by atoms with Crippen LogP contribution in [0.15, 0.2) is 12.1 Å². The minimum absolute atomic E-state index is 0.230. The van der Waals surface area contributed by atoms with E-state index in [1.54, 1.807) is 13.2 Å². The summed E-state index contributed by atoms with van der Waals surface area (Å²) in [6.45, 7) is 0.994. The largest absolute Gasteiger partial charge is 0.496 e. The molecule has 0 bridgehead atoms. The number of benzene rings is 1. The monoisotopic (exact) mass is 239 g/mol. The molecule has 0 aromatic heterocycles. The van der Waals surface area contributed by atoms with Crippen LogP contribution in [0.5, 0.6) is 11.5 Å². The highest BCUT2D eigenvalue weighted by atomic mass is 19.1. The van der Waals surface area contributed by atoms with Gasteiger partial charge in [-0.3, -0.25) is 0 Å². The van der Waals surface area contributed by atoms with Crippen LogP contribution in [-0.4, -0.2) is 20.8 Å². The van der Waals surface area contributed by atoms with Crippen LogP contribution in [0, 0.1) is 5.82 Å². The van der Waals surface area contributed by atoms with Crippen LogP contribution >= 0.6 is 0 Å². The van der Waals surface area contributed by atoms with Crippen LogP contribution in [0.3, 0.4) is 0 Å². The average molecular weight is 239 g/mol. The SMILES string of the molecule is COc1cc(C2CCCCN2)c(OC)cc1F. The van der Waals surface area contributed by atoms with Crippen LogP contribution in [0.2, 0.25) is 0 Å². The standard InChI is InChI=1S/C13H18FNO2/c1-16-12-8-10(14)13(17-2)7-9(12)11-5-3-4-6-15-11/h7-8,11,15H,3-6H2,1-2H3. The third-order valence-electron chi connectivity index (χ3n) is 3.19. The fraction of sp³-hybridized carbons (Fsp3) is 0.538. The molecule has 0 spiro atoms. The van der Waals surface area contributed by atoms with Crippen molar-refractivity contribution in [2.45, 2.75) is 25.3 Å². The summed E-state index contributed by atoms with van der Waals surface area (Å²) in [5.74, 6) is 0.472. The molecule has 1 fully saturated rings. The van der Waals surface area contributed by atoms with E-state index in [0.717, 1.165) is 18.5 Å². The summed E-state index contributed by atoms with van der Waals surface area (Å²) < 4.78 is 23.8. The lowest BCUT2D eigenvalue weighted by molar-refractivity contribution is 0.356. The van der Waals surface area contributed by atoms with Crippen molar-refractivity contribution in [3.63, 3.8) is 0 Å². The van der Waals surface area contributed by atoms with Crippen LogP contribution < -0.4 is 14.8 Å². The van der Waals surface area contributed by atoms with E-state index in [-0.39, 0.29) is 17.6 Å². The lowest BCUT2D eigenvalue weighted by atomic mass is 9.96. The Morgan fingerprint density at radius 1 is 1.18 bits per heavy atom. The molecule has 1 aromatic carbocycles. The number of nitrogens with one attached hydrogen (secondary N) is 1. The van der Waals surface area contributed by atoms with E-state index in [0.29, 0.717) is 5.75 Å². The molecule has 0 radical (unpaired) electrons. The fourth-order valence-electron chi connectivity index (χ4n) is 2.27. The third kappa shape index (κ3) is 2.52. The second-order valence-electron chi connectivity index (χ2n) is 4.23. The molecule has 1 aliphatic rings. The van der Waals surface area contributed by atoms with Gasteiger partial charge in [-0.25, -0.2) is 4.39 Å². The first kappa shape index (κ1) is 12.2. The maximum atomic E-state index is 13.6. The molecule has 94 valence electrons. The zero-order chi connectivity index (χ0) is 12.3. The molecule has 0 amide bonds. The molecule has 17 heavy (non-hydrogen) atoms. The molecular formula is C13H18FNO2. The highest BCUT2D eigenvalue weighted by Gasteiger charge is 2.21. The molecule has 4 heteroatoms. The maximum absolute atomic E-state index is 13.6. The Hall–Kier alpha value is -1.29. The molecule has 1 saturated heterocycles. The maximum Gasteiger partial charge on any atom is 0.168 e. The van der Waals surface area contributed by atoms with E-state index in [4.69, 9.17) is 9.47 Å². The molecule has 3 nitrogen and oxygen atoms in total. The lowest BCUT2D eigenvalue weighted by Crippen LogP contribution is -2.27. The van der Waals surface area contributed by atoms with Gasteiger partial charge in [-0.2, -0.15) is 0 Å². The first-order chi connectivity index (χ1) is 8.26. The van der Waals surface area contributed by atoms with Gasteiger partial charge in [0.25, 0.3) is 0 Å². The second kappa shape index (κ2) is 5.36. The van der Waals surface area contributed by atoms with Crippen LogP contribution in [0.4, 0.5) is 4.39 Å². The zero-order valence-electron chi connectivity index (χ0n) is 10.3. The van der Waals surface area contributed by atoms with Crippen LogP contribution in [-0.2, 0) is 0 Å². The van der Waals surface area contributed by atoms with Gasteiger partial charge in [-0.1, -0.05) is 6.42 Å². The lowest BCUT2D eigenvalue weighted by Gasteiger charge is -2.25. The Labute approximate surface area is 101 Å². The average Bonchev–Trinajstić information content (AvgIpc) is 2.39. The number of methoxy groups -OCH3 is 2. The molecule has 2 rings (SSSR count). The topological polar surface area (TPSA) is 30.5 Å². The Morgan fingerprint density at radius 2 is 1.94 bits per heavy atom. The molecule has 1 unspecified atom stereocenters. The summed E-state index contributed by atoms with van der Waals surface area (Å²) in [6.07, 6.45) is 3.42. The van der Waals surface area contributed by atoms with Gasteiger partial charge >= 0.3 is 0 Å². The van der Waals surface area contributed by atoms with Gasteiger partial charge in [0, 0.05) is 17.7 Å². The molecule has 1 aliphatic heterocycles. The highest BCUT2D eigenvalue weighted by molar-refractivity contribution is 5.43. The van der Waals surface area contributed by atoms with Crippen molar-refractivity contribution in [2.24, 2.45) is 0 Å². The molecule has 1 aromatic rings. The van der Waals surface area contributed by atoms with Gasteiger partial charge in [0.2, 0.25) is 0 Å². The molecule has 1 heterocycles.